The van der Waals surface area contributed by atoms with Gasteiger partial charge < -0.3 is 15.5 Å². The average molecular weight is 352 g/mol. The topological polar surface area (TPSA) is 68.2 Å². The minimum atomic E-state index is -0.510. The Bertz CT molecular complexity index is 803. The summed E-state index contributed by atoms with van der Waals surface area (Å²) in [5.74, 6) is -0.510. The van der Waals surface area contributed by atoms with E-state index in [1.165, 1.54) is 6.07 Å². The van der Waals surface area contributed by atoms with E-state index in [0.717, 1.165) is 31.5 Å². The lowest BCUT2D eigenvalue weighted by molar-refractivity contribution is 0.250. The van der Waals surface area contributed by atoms with Crippen LogP contribution in [0.3, 0.4) is 0 Å². The van der Waals surface area contributed by atoms with Crippen LogP contribution in [0.4, 0.5) is 20.6 Å². The Balaban J connectivity index is 1.67. The van der Waals surface area contributed by atoms with Crippen molar-refractivity contribution in [2.75, 3.05) is 23.3 Å². The van der Waals surface area contributed by atoms with Crippen LogP contribution in [0.15, 0.2) is 48.5 Å². The summed E-state index contributed by atoms with van der Waals surface area (Å²) in [7, 11) is 0. The number of halogens is 1. The van der Waals surface area contributed by atoms with Crippen LogP contribution in [-0.2, 0) is 0 Å². The molecule has 26 heavy (non-hydrogen) atoms. The van der Waals surface area contributed by atoms with Crippen molar-refractivity contribution in [3.8, 4) is 6.07 Å². The number of hydrogen-bond acceptors (Lipinski definition) is 3. The van der Waals surface area contributed by atoms with Gasteiger partial charge in [-0.3, -0.25) is 0 Å². The zero-order valence-corrected chi connectivity index (χ0v) is 14.4. The molecule has 1 atom stereocenters. The van der Waals surface area contributed by atoms with E-state index in [2.05, 4.69) is 10.6 Å². The maximum absolute atomic E-state index is 14.0. The zero-order valence-electron chi connectivity index (χ0n) is 14.4. The van der Waals surface area contributed by atoms with Crippen molar-refractivity contribution in [2.24, 2.45) is 0 Å². The summed E-state index contributed by atoms with van der Waals surface area (Å²) in [6, 6.07) is 15.6. The number of piperidine rings is 1. The molecule has 1 aliphatic heterocycles. The van der Waals surface area contributed by atoms with E-state index in [1.807, 2.05) is 41.3 Å². The number of urea groups is 1. The van der Waals surface area contributed by atoms with Gasteiger partial charge in [0.05, 0.1) is 5.69 Å². The van der Waals surface area contributed by atoms with Crippen molar-refractivity contribution in [2.45, 2.75) is 25.3 Å². The Kier molecular flexibility index (Phi) is 5.69. The predicted molar refractivity (Wildman–Crippen MR) is 99.6 cm³/mol. The molecule has 1 saturated heterocycles. The molecule has 0 bridgehead atoms. The minimum absolute atomic E-state index is 0.0270. The molecule has 2 amide bonds. The SMILES string of the molecule is N#Cc1c(F)cccc1N1CCCCC1CNC(=O)Nc1ccccc1. The third-order valence-corrected chi connectivity index (χ3v) is 4.57. The molecule has 0 spiro atoms. The zero-order chi connectivity index (χ0) is 18.4. The molecule has 1 aliphatic rings. The molecule has 1 unspecified atom stereocenters. The second-order valence-corrected chi connectivity index (χ2v) is 6.29. The third kappa shape index (κ3) is 4.12. The Morgan fingerprint density at radius 2 is 2.00 bits per heavy atom. The number of nitrogens with one attached hydrogen (secondary N) is 2. The molecule has 2 N–H and O–H groups in total. The number of amides is 2. The lowest BCUT2D eigenvalue weighted by atomic mass is 9.99. The number of benzene rings is 2. The molecular formula is C20H21FN4O. The van der Waals surface area contributed by atoms with E-state index in [1.54, 1.807) is 12.1 Å². The molecule has 1 heterocycles. The first-order chi connectivity index (χ1) is 12.7. The van der Waals surface area contributed by atoms with E-state index >= 15 is 0 Å². The van der Waals surface area contributed by atoms with E-state index in [0.29, 0.717) is 12.2 Å². The lowest BCUT2D eigenvalue weighted by Crippen LogP contribution is -2.48. The number of nitriles is 1. The Morgan fingerprint density at radius 1 is 1.19 bits per heavy atom. The second-order valence-electron chi connectivity index (χ2n) is 6.29. The summed E-state index contributed by atoms with van der Waals surface area (Å²) >= 11 is 0. The third-order valence-electron chi connectivity index (χ3n) is 4.57. The predicted octanol–water partition coefficient (Wildman–Crippen LogP) is 3.88. The number of carbonyl (C=O) groups excluding carboxylic acids is 1. The molecule has 134 valence electrons. The van der Waals surface area contributed by atoms with Crippen LogP contribution in [-0.4, -0.2) is 25.2 Å². The molecule has 6 heteroatoms. The molecule has 1 fully saturated rings. The highest BCUT2D eigenvalue weighted by atomic mass is 19.1. The van der Waals surface area contributed by atoms with E-state index in [4.69, 9.17) is 0 Å². The van der Waals surface area contributed by atoms with Gasteiger partial charge >= 0.3 is 6.03 Å². The van der Waals surface area contributed by atoms with Gasteiger partial charge in [0.1, 0.15) is 17.4 Å². The normalized spacial score (nSPS) is 16.6. The maximum atomic E-state index is 14.0. The number of hydrogen-bond donors (Lipinski definition) is 2. The fourth-order valence-electron chi connectivity index (χ4n) is 3.30. The highest BCUT2D eigenvalue weighted by Gasteiger charge is 2.26. The van der Waals surface area contributed by atoms with Crippen molar-refractivity contribution in [1.82, 2.24) is 5.32 Å². The molecule has 2 aromatic carbocycles. The first-order valence-corrected chi connectivity index (χ1v) is 8.74. The van der Waals surface area contributed by atoms with Crippen LogP contribution in [0.5, 0.6) is 0 Å². The first-order valence-electron chi connectivity index (χ1n) is 8.74. The van der Waals surface area contributed by atoms with Gasteiger partial charge in [-0.25, -0.2) is 9.18 Å². The van der Waals surface area contributed by atoms with Gasteiger partial charge in [0.25, 0.3) is 0 Å². The van der Waals surface area contributed by atoms with Crippen LogP contribution in [0.25, 0.3) is 0 Å². The fourth-order valence-corrected chi connectivity index (χ4v) is 3.30. The van der Waals surface area contributed by atoms with Crippen LogP contribution >= 0.6 is 0 Å². The van der Waals surface area contributed by atoms with E-state index in [-0.39, 0.29) is 17.6 Å². The average Bonchev–Trinajstić information content (AvgIpc) is 2.67. The van der Waals surface area contributed by atoms with Gasteiger partial charge in [0, 0.05) is 24.8 Å². The summed E-state index contributed by atoms with van der Waals surface area (Å²) in [5.41, 5.74) is 1.39. The largest absolute Gasteiger partial charge is 0.366 e. The van der Waals surface area contributed by atoms with E-state index in [9.17, 15) is 14.4 Å². The minimum Gasteiger partial charge on any atom is -0.366 e. The van der Waals surface area contributed by atoms with Gasteiger partial charge in [-0.1, -0.05) is 24.3 Å². The maximum Gasteiger partial charge on any atom is 0.319 e. The molecular weight excluding hydrogens is 331 g/mol. The van der Waals surface area contributed by atoms with Crippen LogP contribution in [0.1, 0.15) is 24.8 Å². The van der Waals surface area contributed by atoms with Gasteiger partial charge in [-0.05, 0) is 43.5 Å². The molecule has 0 saturated carbocycles. The molecule has 3 rings (SSSR count). The first kappa shape index (κ1) is 17.7. The van der Waals surface area contributed by atoms with Crippen LogP contribution in [0, 0.1) is 17.1 Å². The summed E-state index contributed by atoms with van der Waals surface area (Å²) < 4.78 is 14.0. The van der Waals surface area contributed by atoms with Gasteiger partial charge in [-0.15, -0.1) is 0 Å². The summed E-state index contributed by atoms with van der Waals surface area (Å²) in [4.78, 5) is 14.2. The molecule has 5 nitrogen and oxygen atoms in total. The quantitative estimate of drug-likeness (QED) is 0.877. The number of nitrogens with zero attached hydrogens (tertiary/aromatic N) is 2. The number of carbonyl (C=O) groups is 1. The number of anilines is 2. The van der Waals surface area contributed by atoms with E-state index < -0.39 is 5.82 Å². The molecule has 0 aromatic heterocycles. The van der Waals surface area contributed by atoms with Gasteiger partial charge in [0.15, 0.2) is 0 Å². The van der Waals surface area contributed by atoms with Crippen molar-refractivity contribution in [3.05, 3.63) is 59.9 Å². The standard InChI is InChI=1S/C20H21FN4O/c21-18-10-6-11-19(17(18)13-22)25-12-5-4-9-16(25)14-23-20(26)24-15-7-2-1-3-8-15/h1-3,6-8,10-11,16H,4-5,9,12,14H2,(H2,23,24,26). The second kappa shape index (κ2) is 8.34. The Labute approximate surface area is 152 Å². The smallest absolute Gasteiger partial charge is 0.319 e. The summed E-state index contributed by atoms with van der Waals surface area (Å²) in [5, 5.41) is 15.0. The molecule has 0 radical (unpaired) electrons. The number of para-hydroxylation sites is 1. The number of rotatable bonds is 4. The monoisotopic (exact) mass is 352 g/mol. The highest BCUT2D eigenvalue weighted by molar-refractivity contribution is 5.89. The fraction of sp³-hybridized carbons (Fsp3) is 0.300. The lowest BCUT2D eigenvalue weighted by Gasteiger charge is -2.38. The Hall–Kier alpha value is -3.07. The summed E-state index contributed by atoms with van der Waals surface area (Å²) in [6.07, 6.45) is 2.90. The highest BCUT2D eigenvalue weighted by Crippen LogP contribution is 2.28. The summed E-state index contributed by atoms with van der Waals surface area (Å²) in [6.45, 7) is 1.17. The van der Waals surface area contributed by atoms with Crippen molar-refractivity contribution in [3.63, 3.8) is 0 Å². The van der Waals surface area contributed by atoms with Crippen molar-refractivity contribution >= 4 is 17.4 Å². The molecule has 0 aliphatic carbocycles. The van der Waals surface area contributed by atoms with Crippen LogP contribution in [0.2, 0.25) is 0 Å². The van der Waals surface area contributed by atoms with Crippen LogP contribution < -0.4 is 15.5 Å². The van der Waals surface area contributed by atoms with Gasteiger partial charge in [-0.2, -0.15) is 5.26 Å². The van der Waals surface area contributed by atoms with Crippen molar-refractivity contribution < 1.29 is 9.18 Å². The molecule has 2 aromatic rings. The van der Waals surface area contributed by atoms with Gasteiger partial charge in [0.2, 0.25) is 0 Å². The van der Waals surface area contributed by atoms with Crippen molar-refractivity contribution in [1.29, 1.82) is 5.26 Å². The Morgan fingerprint density at radius 3 is 2.77 bits per heavy atom.